The maximum Gasteiger partial charge on any atom is 0.371 e. The zero-order valence-corrected chi connectivity index (χ0v) is 12.3. The van der Waals surface area contributed by atoms with Crippen molar-refractivity contribution < 1.29 is 14.3 Å². The molecule has 4 nitrogen and oxygen atoms in total. The number of rotatable bonds is 4. The average Bonchev–Trinajstić information content (AvgIpc) is 2.83. The summed E-state index contributed by atoms with van der Waals surface area (Å²) in [5.41, 5.74) is 0.858. The minimum atomic E-state index is -1.08. The molecule has 6 heteroatoms. The van der Waals surface area contributed by atoms with Gasteiger partial charge in [-0.2, -0.15) is 0 Å². The van der Waals surface area contributed by atoms with E-state index in [-0.39, 0.29) is 11.8 Å². The average molecular weight is 345 g/mol. The van der Waals surface area contributed by atoms with Gasteiger partial charge in [-0.25, -0.2) is 4.79 Å². The Labute approximate surface area is 123 Å². The lowest BCUT2D eigenvalue weighted by Gasteiger charge is -2.13. The van der Waals surface area contributed by atoms with Gasteiger partial charge in [0.05, 0.1) is 11.1 Å². The summed E-state index contributed by atoms with van der Waals surface area (Å²) in [5.74, 6) is -0.586. The summed E-state index contributed by atoms with van der Waals surface area (Å²) in [6.07, 6.45) is 0. The highest BCUT2D eigenvalue weighted by atomic mass is 79.9. The number of carboxylic acids is 1. The molecule has 0 fully saturated rings. The van der Waals surface area contributed by atoms with Crippen molar-refractivity contribution in [3.05, 3.63) is 51.3 Å². The summed E-state index contributed by atoms with van der Waals surface area (Å²) in [7, 11) is 0. The van der Waals surface area contributed by atoms with Gasteiger partial charge in [0.1, 0.15) is 5.76 Å². The van der Waals surface area contributed by atoms with Gasteiger partial charge in [-0.3, -0.25) is 0 Å². The van der Waals surface area contributed by atoms with Gasteiger partial charge in [0.15, 0.2) is 0 Å². The number of carbonyl (C=O) groups is 1. The van der Waals surface area contributed by atoms with Gasteiger partial charge in [0.2, 0.25) is 5.76 Å². The lowest BCUT2D eigenvalue weighted by atomic mass is 10.2. The maximum absolute atomic E-state index is 10.7. The Kier molecular flexibility index (Phi) is 4.17. The first kappa shape index (κ1) is 14.0. The van der Waals surface area contributed by atoms with Crippen LogP contribution in [0.4, 0.5) is 5.69 Å². The van der Waals surface area contributed by atoms with Crippen LogP contribution in [0, 0.1) is 0 Å². The molecule has 0 aliphatic carbocycles. The molecular weight excluding hydrogens is 334 g/mol. The SMILES string of the molecule is CC(Nc1ccc(Cl)c(Br)c1)c1ccc(C(=O)O)o1. The molecule has 1 heterocycles. The highest BCUT2D eigenvalue weighted by Gasteiger charge is 2.14. The van der Waals surface area contributed by atoms with Gasteiger partial charge in [0.25, 0.3) is 0 Å². The van der Waals surface area contributed by atoms with E-state index in [0.29, 0.717) is 10.8 Å². The first-order valence-corrected chi connectivity index (χ1v) is 6.69. The Morgan fingerprint density at radius 1 is 1.42 bits per heavy atom. The smallest absolute Gasteiger partial charge is 0.371 e. The number of furan rings is 1. The van der Waals surface area contributed by atoms with Crippen molar-refractivity contribution in [2.24, 2.45) is 0 Å². The third-order valence-electron chi connectivity index (χ3n) is 2.57. The number of carboxylic acid groups (broad SMARTS) is 1. The van der Waals surface area contributed by atoms with Crippen molar-refractivity contribution >= 4 is 39.2 Å². The summed E-state index contributed by atoms with van der Waals surface area (Å²) in [6, 6.07) is 8.39. The van der Waals surface area contributed by atoms with E-state index in [2.05, 4.69) is 21.2 Å². The zero-order valence-electron chi connectivity index (χ0n) is 9.98. The third kappa shape index (κ3) is 3.30. The van der Waals surface area contributed by atoms with Crippen LogP contribution in [0.15, 0.2) is 39.2 Å². The Balaban J connectivity index is 2.13. The number of halogens is 2. The van der Waals surface area contributed by atoms with Gasteiger partial charge >= 0.3 is 5.97 Å². The van der Waals surface area contributed by atoms with E-state index in [1.807, 2.05) is 19.1 Å². The summed E-state index contributed by atoms with van der Waals surface area (Å²) in [5, 5.41) is 12.6. The van der Waals surface area contributed by atoms with E-state index in [9.17, 15) is 4.79 Å². The molecule has 1 atom stereocenters. The normalized spacial score (nSPS) is 12.2. The molecule has 0 amide bonds. The number of benzene rings is 1. The van der Waals surface area contributed by atoms with Crippen molar-refractivity contribution in [2.75, 3.05) is 5.32 Å². The number of nitrogens with one attached hydrogen (secondary N) is 1. The first-order chi connectivity index (χ1) is 8.97. The van der Waals surface area contributed by atoms with Crippen molar-refractivity contribution in [1.82, 2.24) is 0 Å². The molecule has 0 saturated heterocycles. The van der Waals surface area contributed by atoms with Gasteiger partial charge in [-0.15, -0.1) is 0 Å². The topological polar surface area (TPSA) is 62.5 Å². The largest absolute Gasteiger partial charge is 0.475 e. The molecule has 0 radical (unpaired) electrons. The third-order valence-corrected chi connectivity index (χ3v) is 3.78. The van der Waals surface area contributed by atoms with Crippen LogP contribution >= 0.6 is 27.5 Å². The van der Waals surface area contributed by atoms with Crippen molar-refractivity contribution in [3.8, 4) is 0 Å². The summed E-state index contributed by atoms with van der Waals surface area (Å²) < 4.78 is 6.02. The Morgan fingerprint density at radius 3 is 2.74 bits per heavy atom. The van der Waals surface area contributed by atoms with Gasteiger partial charge in [-0.05, 0) is 53.2 Å². The molecule has 100 valence electrons. The Hall–Kier alpha value is -1.46. The molecule has 1 aromatic heterocycles. The Morgan fingerprint density at radius 2 is 2.16 bits per heavy atom. The van der Waals surface area contributed by atoms with Gasteiger partial charge in [0, 0.05) is 10.2 Å². The maximum atomic E-state index is 10.7. The molecule has 19 heavy (non-hydrogen) atoms. The number of hydrogen-bond acceptors (Lipinski definition) is 3. The molecule has 0 bridgehead atoms. The lowest BCUT2D eigenvalue weighted by Crippen LogP contribution is -2.05. The molecule has 0 aliphatic heterocycles. The summed E-state index contributed by atoms with van der Waals surface area (Å²) in [6.45, 7) is 1.88. The first-order valence-electron chi connectivity index (χ1n) is 5.52. The van der Waals surface area contributed by atoms with Crippen LogP contribution < -0.4 is 5.32 Å². The fraction of sp³-hybridized carbons (Fsp3) is 0.154. The van der Waals surface area contributed by atoms with E-state index in [4.69, 9.17) is 21.1 Å². The Bertz CT molecular complexity index is 612. The standard InChI is InChI=1S/C13H11BrClNO3/c1-7(11-4-5-12(19-11)13(17)18)16-8-2-3-10(15)9(14)6-8/h2-7,16H,1H3,(H,17,18). The van der Waals surface area contributed by atoms with Crippen LogP contribution in [-0.4, -0.2) is 11.1 Å². The van der Waals surface area contributed by atoms with Crippen LogP contribution in [0.5, 0.6) is 0 Å². The van der Waals surface area contributed by atoms with Gasteiger partial charge in [-0.1, -0.05) is 11.6 Å². The van der Waals surface area contributed by atoms with Crippen LogP contribution in [0.25, 0.3) is 0 Å². The monoisotopic (exact) mass is 343 g/mol. The second-order valence-corrected chi connectivity index (χ2v) is 5.26. The molecule has 2 N–H and O–H groups in total. The fourth-order valence-electron chi connectivity index (χ4n) is 1.61. The van der Waals surface area contributed by atoms with Crippen LogP contribution in [-0.2, 0) is 0 Å². The molecule has 1 aromatic carbocycles. The predicted molar refractivity (Wildman–Crippen MR) is 76.9 cm³/mol. The van der Waals surface area contributed by atoms with Gasteiger partial charge < -0.3 is 14.8 Å². The number of aromatic carboxylic acids is 1. The van der Waals surface area contributed by atoms with Crippen molar-refractivity contribution in [2.45, 2.75) is 13.0 Å². The molecule has 0 aliphatic rings. The highest BCUT2D eigenvalue weighted by molar-refractivity contribution is 9.10. The minimum absolute atomic E-state index is 0.0686. The van der Waals surface area contributed by atoms with E-state index < -0.39 is 5.97 Å². The zero-order chi connectivity index (χ0) is 14.0. The lowest BCUT2D eigenvalue weighted by molar-refractivity contribution is 0.0660. The summed E-state index contributed by atoms with van der Waals surface area (Å²) >= 11 is 9.26. The quantitative estimate of drug-likeness (QED) is 0.853. The van der Waals surface area contributed by atoms with Crippen LogP contribution in [0.1, 0.15) is 29.3 Å². The highest BCUT2D eigenvalue weighted by Crippen LogP contribution is 2.28. The molecule has 0 saturated carbocycles. The molecule has 2 rings (SSSR count). The number of hydrogen-bond donors (Lipinski definition) is 2. The van der Waals surface area contributed by atoms with Crippen molar-refractivity contribution in [1.29, 1.82) is 0 Å². The van der Waals surface area contributed by atoms with E-state index >= 15 is 0 Å². The molecule has 0 spiro atoms. The predicted octanol–water partition coefficient (Wildman–Crippen LogP) is 4.57. The molecule has 1 unspecified atom stereocenters. The second kappa shape index (κ2) is 5.67. The molecule has 2 aromatic rings. The van der Waals surface area contributed by atoms with Crippen LogP contribution in [0.2, 0.25) is 5.02 Å². The van der Waals surface area contributed by atoms with E-state index in [1.54, 1.807) is 12.1 Å². The van der Waals surface area contributed by atoms with E-state index in [0.717, 1.165) is 10.2 Å². The number of anilines is 1. The summed E-state index contributed by atoms with van der Waals surface area (Å²) in [4.78, 5) is 10.7. The second-order valence-electron chi connectivity index (χ2n) is 4.00. The van der Waals surface area contributed by atoms with E-state index in [1.165, 1.54) is 6.07 Å². The van der Waals surface area contributed by atoms with Crippen molar-refractivity contribution in [3.63, 3.8) is 0 Å². The molecular formula is C13H11BrClNO3. The fourth-order valence-corrected chi connectivity index (χ4v) is 2.10. The van der Waals surface area contributed by atoms with Crippen LogP contribution in [0.3, 0.4) is 0 Å². The minimum Gasteiger partial charge on any atom is -0.475 e.